The van der Waals surface area contributed by atoms with Crippen LogP contribution >= 0.6 is 0 Å². The molecule has 0 N–H and O–H groups in total. The summed E-state index contributed by atoms with van der Waals surface area (Å²) in [5, 5.41) is 0. The highest BCUT2D eigenvalue weighted by molar-refractivity contribution is 5.92. The zero-order valence-corrected chi connectivity index (χ0v) is 14.0. The van der Waals surface area contributed by atoms with Crippen LogP contribution in [0.3, 0.4) is 0 Å². The van der Waals surface area contributed by atoms with Crippen molar-refractivity contribution in [3.63, 3.8) is 0 Å². The summed E-state index contributed by atoms with van der Waals surface area (Å²) in [5.41, 5.74) is 1.85. The van der Waals surface area contributed by atoms with Crippen LogP contribution < -0.4 is 0 Å². The van der Waals surface area contributed by atoms with Crippen molar-refractivity contribution in [2.24, 2.45) is 0 Å². The molecule has 1 fully saturated rings. The van der Waals surface area contributed by atoms with Gasteiger partial charge in [-0.15, -0.1) is 0 Å². The number of aromatic nitrogens is 2. The van der Waals surface area contributed by atoms with Crippen LogP contribution in [0, 0.1) is 0 Å². The minimum atomic E-state index is -0.00757. The van der Waals surface area contributed by atoms with Crippen LogP contribution in [-0.2, 0) is 6.42 Å². The third-order valence-electron chi connectivity index (χ3n) is 4.47. The summed E-state index contributed by atoms with van der Waals surface area (Å²) in [5.74, 6) is -0.00757. The van der Waals surface area contributed by atoms with E-state index in [4.69, 9.17) is 0 Å². The first-order chi connectivity index (χ1) is 11.8. The smallest absolute Gasteiger partial charge is 0.274 e. The fraction of sp³-hybridized carbons (Fsp3) is 0.421. The number of nitrogens with zero attached hydrogens (tertiary/aromatic N) is 4. The minimum absolute atomic E-state index is 0.00757. The van der Waals surface area contributed by atoms with Crippen molar-refractivity contribution in [1.29, 1.82) is 0 Å². The van der Waals surface area contributed by atoms with Gasteiger partial charge in [-0.1, -0.05) is 30.3 Å². The summed E-state index contributed by atoms with van der Waals surface area (Å²) in [6, 6.07) is 10.6. The standard InChI is InChI=1S/C19H24N4O/c24-19(18-16-20-9-10-21-18)23-14-12-22(13-15-23)11-5-4-8-17-6-2-1-3-7-17/h1-3,6-7,9-10,16H,4-5,8,11-15H2. The number of rotatable bonds is 6. The molecular formula is C19H24N4O. The van der Waals surface area contributed by atoms with E-state index in [0.717, 1.165) is 39.1 Å². The summed E-state index contributed by atoms with van der Waals surface area (Å²) < 4.78 is 0. The molecule has 0 atom stereocenters. The average Bonchev–Trinajstić information content (AvgIpc) is 2.67. The van der Waals surface area contributed by atoms with Crippen molar-refractivity contribution >= 4 is 5.91 Å². The average molecular weight is 324 g/mol. The number of carbonyl (C=O) groups excluding carboxylic acids is 1. The third-order valence-corrected chi connectivity index (χ3v) is 4.47. The lowest BCUT2D eigenvalue weighted by Crippen LogP contribution is -2.49. The molecule has 1 aromatic carbocycles. The Kier molecular flexibility index (Phi) is 5.90. The third kappa shape index (κ3) is 4.61. The van der Waals surface area contributed by atoms with Crippen LogP contribution in [0.25, 0.3) is 0 Å². The van der Waals surface area contributed by atoms with Crippen LogP contribution in [-0.4, -0.2) is 58.4 Å². The second-order valence-electron chi connectivity index (χ2n) is 6.17. The van der Waals surface area contributed by atoms with E-state index in [2.05, 4.69) is 45.2 Å². The van der Waals surface area contributed by atoms with E-state index in [-0.39, 0.29) is 5.91 Å². The molecule has 5 nitrogen and oxygen atoms in total. The lowest BCUT2D eigenvalue weighted by Gasteiger charge is -2.34. The Morgan fingerprint density at radius 2 is 1.79 bits per heavy atom. The molecule has 24 heavy (non-hydrogen) atoms. The molecule has 1 aliphatic heterocycles. The monoisotopic (exact) mass is 324 g/mol. The maximum Gasteiger partial charge on any atom is 0.274 e. The van der Waals surface area contributed by atoms with Gasteiger partial charge in [-0.05, 0) is 31.4 Å². The Balaban J connectivity index is 1.36. The highest BCUT2D eigenvalue weighted by Crippen LogP contribution is 2.09. The minimum Gasteiger partial charge on any atom is -0.335 e. The van der Waals surface area contributed by atoms with E-state index in [1.165, 1.54) is 24.6 Å². The summed E-state index contributed by atoms with van der Waals surface area (Å²) in [7, 11) is 0. The summed E-state index contributed by atoms with van der Waals surface area (Å²) in [4.78, 5) is 24.7. The van der Waals surface area contributed by atoms with E-state index in [9.17, 15) is 4.79 Å². The molecule has 0 saturated carbocycles. The second kappa shape index (κ2) is 8.55. The molecule has 0 unspecified atom stereocenters. The van der Waals surface area contributed by atoms with Crippen molar-refractivity contribution in [3.8, 4) is 0 Å². The molecule has 1 aliphatic rings. The van der Waals surface area contributed by atoms with Crippen LogP contribution in [0.5, 0.6) is 0 Å². The maximum atomic E-state index is 12.3. The molecule has 0 aliphatic carbocycles. The fourth-order valence-corrected chi connectivity index (χ4v) is 3.06. The van der Waals surface area contributed by atoms with Crippen LogP contribution in [0.1, 0.15) is 28.9 Å². The van der Waals surface area contributed by atoms with E-state index in [1.807, 2.05) is 4.90 Å². The van der Waals surface area contributed by atoms with Gasteiger partial charge < -0.3 is 4.90 Å². The fourth-order valence-electron chi connectivity index (χ4n) is 3.06. The summed E-state index contributed by atoms with van der Waals surface area (Å²) in [6.45, 7) is 4.54. The number of unbranched alkanes of at least 4 members (excludes halogenated alkanes) is 1. The Morgan fingerprint density at radius 3 is 2.50 bits per heavy atom. The van der Waals surface area contributed by atoms with Gasteiger partial charge in [-0.25, -0.2) is 4.98 Å². The van der Waals surface area contributed by atoms with Crippen molar-refractivity contribution in [3.05, 3.63) is 60.2 Å². The van der Waals surface area contributed by atoms with Gasteiger partial charge >= 0.3 is 0 Å². The molecule has 1 aromatic heterocycles. The van der Waals surface area contributed by atoms with Gasteiger partial charge in [-0.2, -0.15) is 0 Å². The number of aryl methyl sites for hydroxylation is 1. The molecule has 0 radical (unpaired) electrons. The number of carbonyl (C=O) groups is 1. The Morgan fingerprint density at radius 1 is 1.00 bits per heavy atom. The van der Waals surface area contributed by atoms with Gasteiger partial charge in [0.15, 0.2) is 0 Å². The predicted molar refractivity (Wildman–Crippen MR) is 93.8 cm³/mol. The van der Waals surface area contributed by atoms with Crippen LogP contribution in [0.4, 0.5) is 0 Å². The zero-order chi connectivity index (χ0) is 16.6. The highest BCUT2D eigenvalue weighted by atomic mass is 16.2. The first-order valence-corrected chi connectivity index (χ1v) is 8.64. The zero-order valence-electron chi connectivity index (χ0n) is 14.0. The van der Waals surface area contributed by atoms with Gasteiger partial charge in [0.05, 0.1) is 6.20 Å². The molecular weight excluding hydrogens is 300 g/mol. The maximum absolute atomic E-state index is 12.3. The molecule has 2 aromatic rings. The Labute approximate surface area is 143 Å². The van der Waals surface area contributed by atoms with Gasteiger partial charge in [-0.3, -0.25) is 14.7 Å². The van der Waals surface area contributed by atoms with Crippen molar-refractivity contribution in [2.45, 2.75) is 19.3 Å². The topological polar surface area (TPSA) is 49.3 Å². The van der Waals surface area contributed by atoms with E-state index in [0.29, 0.717) is 5.69 Å². The quantitative estimate of drug-likeness (QED) is 0.765. The first-order valence-electron chi connectivity index (χ1n) is 8.64. The van der Waals surface area contributed by atoms with Crippen molar-refractivity contribution in [1.82, 2.24) is 19.8 Å². The summed E-state index contributed by atoms with van der Waals surface area (Å²) >= 11 is 0. The molecule has 0 bridgehead atoms. The van der Waals surface area contributed by atoms with Crippen LogP contribution in [0.2, 0.25) is 0 Å². The molecule has 2 heterocycles. The number of benzene rings is 1. The molecule has 5 heteroatoms. The van der Waals surface area contributed by atoms with Crippen molar-refractivity contribution < 1.29 is 4.79 Å². The largest absolute Gasteiger partial charge is 0.335 e. The predicted octanol–water partition coefficient (Wildman–Crippen LogP) is 2.26. The first kappa shape index (κ1) is 16.6. The molecule has 1 saturated heterocycles. The molecule has 1 amide bonds. The van der Waals surface area contributed by atoms with Crippen molar-refractivity contribution in [2.75, 3.05) is 32.7 Å². The number of amides is 1. The van der Waals surface area contributed by atoms with Gasteiger partial charge in [0.25, 0.3) is 5.91 Å². The highest BCUT2D eigenvalue weighted by Gasteiger charge is 2.22. The SMILES string of the molecule is O=C(c1cnccn1)N1CCN(CCCCc2ccccc2)CC1. The Hall–Kier alpha value is -2.27. The molecule has 3 rings (SSSR count). The normalized spacial score (nSPS) is 15.4. The van der Waals surface area contributed by atoms with E-state index in [1.54, 1.807) is 12.4 Å². The molecule has 0 spiro atoms. The molecule has 126 valence electrons. The lowest BCUT2D eigenvalue weighted by atomic mass is 10.1. The second-order valence-corrected chi connectivity index (χ2v) is 6.17. The van der Waals surface area contributed by atoms with Gasteiger partial charge in [0.2, 0.25) is 0 Å². The lowest BCUT2D eigenvalue weighted by molar-refractivity contribution is 0.0629. The van der Waals surface area contributed by atoms with E-state index < -0.39 is 0 Å². The van der Waals surface area contributed by atoms with E-state index >= 15 is 0 Å². The number of hydrogen-bond acceptors (Lipinski definition) is 4. The summed E-state index contributed by atoms with van der Waals surface area (Å²) in [6.07, 6.45) is 8.25. The number of hydrogen-bond donors (Lipinski definition) is 0. The van der Waals surface area contributed by atoms with Crippen LogP contribution in [0.15, 0.2) is 48.9 Å². The van der Waals surface area contributed by atoms with Gasteiger partial charge in [0.1, 0.15) is 5.69 Å². The Bertz CT molecular complexity index is 624. The number of piperazine rings is 1. The van der Waals surface area contributed by atoms with Gasteiger partial charge in [0, 0.05) is 38.6 Å².